The monoisotopic (exact) mass is 243 g/mol. The molecule has 0 amide bonds. The van der Waals surface area contributed by atoms with Gasteiger partial charge in [-0.25, -0.2) is 4.79 Å². The normalized spacial score (nSPS) is 12.2. The number of ether oxygens (including phenoxy) is 1. The van der Waals surface area contributed by atoms with E-state index in [0.29, 0.717) is 11.4 Å². The molecule has 1 aliphatic rings. The average molecular weight is 243 g/mol. The molecule has 0 bridgehead atoms. The van der Waals surface area contributed by atoms with Crippen LogP contribution in [0.4, 0.5) is 0 Å². The van der Waals surface area contributed by atoms with Crippen LogP contribution in [0.2, 0.25) is 0 Å². The van der Waals surface area contributed by atoms with Gasteiger partial charge in [0.25, 0.3) is 0 Å². The van der Waals surface area contributed by atoms with Crippen molar-refractivity contribution < 1.29 is 14.6 Å². The molecule has 0 radical (unpaired) electrons. The maximum Gasteiger partial charge on any atom is 0.341 e. The van der Waals surface area contributed by atoms with E-state index >= 15 is 0 Å². The fourth-order valence-corrected chi connectivity index (χ4v) is 2.02. The van der Waals surface area contributed by atoms with E-state index in [-0.39, 0.29) is 12.3 Å². The second-order valence-corrected chi connectivity index (χ2v) is 3.98. The van der Waals surface area contributed by atoms with Crippen molar-refractivity contribution in [1.29, 1.82) is 0 Å². The molecule has 0 aliphatic carbocycles. The van der Waals surface area contributed by atoms with Gasteiger partial charge in [0.05, 0.1) is 5.69 Å². The summed E-state index contributed by atoms with van der Waals surface area (Å²) in [6.07, 6.45) is 1.32. The average Bonchev–Trinajstić information content (AvgIpc) is 2.37. The quantitative estimate of drug-likeness (QED) is 0.825. The van der Waals surface area contributed by atoms with Crippen molar-refractivity contribution in [3.63, 3.8) is 0 Å². The second kappa shape index (κ2) is 3.73. The number of carboxylic acids is 1. The van der Waals surface area contributed by atoms with Crippen LogP contribution in [0.15, 0.2) is 41.3 Å². The molecule has 0 fully saturated rings. The van der Waals surface area contributed by atoms with E-state index in [1.54, 1.807) is 4.57 Å². The number of fused-ring (bicyclic) bond motifs is 3. The number of nitrogens with zero attached hydrogens (tertiary/aromatic N) is 1. The number of carboxylic acid groups (broad SMARTS) is 1. The van der Waals surface area contributed by atoms with Gasteiger partial charge in [0.15, 0.2) is 12.2 Å². The van der Waals surface area contributed by atoms with Crippen molar-refractivity contribution in [3.05, 3.63) is 52.3 Å². The highest BCUT2D eigenvalue weighted by Crippen LogP contribution is 2.32. The van der Waals surface area contributed by atoms with Crippen molar-refractivity contribution >= 4 is 5.97 Å². The maximum absolute atomic E-state index is 11.7. The molecule has 3 rings (SSSR count). The summed E-state index contributed by atoms with van der Waals surface area (Å²) < 4.78 is 7.11. The standard InChI is InChI=1S/C13H9NO4/c15-11-5-10-8-3-1-2-4-12(8)18-7-14(10)6-9(11)13(16)17/h1-6H,7H2,(H,16,17). The van der Waals surface area contributed by atoms with E-state index in [0.717, 1.165) is 5.56 Å². The highest BCUT2D eigenvalue weighted by atomic mass is 16.5. The molecule has 90 valence electrons. The molecule has 1 N–H and O–H groups in total. The Labute approximate surface area is 102 Å². The largest absolute Gasteiger partial charge is 0.477 e. The van der Waals surface area contributed by atoms with Crippen LogP contribution in [0.3, 0.4) is 0 Å². The van der Waals surface area contributed by atoms with Gasteiger partial charge in [0.2, 0.25) is 0 Å². The molecule has 2 heterocycles. The summed E-state index contributed by atoms with van der Waals surface area (Å²) in [7, 11) is 0. The van der Waals surface area contributed by atoms with Gasteiger partial charge in [0.1, 0.15) is 11.3 Å². The van der Waals surface area contributed by atoms with Crippen molar-refractivity contribution in [1.82, 2.24) is 4.57 Å². The molecular weight excluding hydrogens is 234 g/mol. The maximum atomic E-state index is 11.7. The lowest BCUT2D eigenvalue weighted by Gasteiger charge is -2.22. The molecular formula is C13H9NO4. The Hall–Kier alpha value is -2.56. The third-order valence-corrected chi connectivity index (χ3v) is 2.88. The fraction of sp³-hybridized carbons (Fsp3) is 0.0769. The van der Waals surface area contributed by atoms with E-state index in [2.05, 4.69) is 0 Å². The molecule has 2 aromatic rings. The third kappa shape index (κ3) is 1.48. The van der Waals surface area contributed by atoms with Crippen LogP contribution in [0.1, 0.15) is 10.4 Å². The van der Waals surface area contributed by atoms with Gasteiger partial charge in [-0.1, -0.05) is 12.1 Å². The van der Waals surface area contributed by atoms with Crippen LogP contribution >= 0.6 is 0 Å². The van der Waals surface area contributed by atoms with Gasteiger partial charge < -0.3 is 14.4 Å². The first-order chi connectivity index (χ1) is 8.66. The first-order valence-electron chi connectivity index (χ1n) is 5.37. The van der Waals surface area contributed by atoms with E-state index in [9.17, 15) is 9.59 Å². The Morgan fingerprint density at radius 3 is 2.89 bits per heavy atom. The molecule has 5 nitrogen and oxygen atoms in total. The van der Waals surface area contributed by atoms with Crippen LogP contribution in [0.25, 0.3) is 11.3 Å². The zero-order valence-electron chi connectivity index (χ0n) is 9.29. The highest BCUT2D eigenvalue weighted by molar-refractivity contribution is 5.87. The summed E-state index contributed by atoms with van der Waals surface area (Å²) in [6, 6.07) is 8.67. The van der Waals surface area contributed by atoms with Crippen LogP contribution in [-0.2, 0) is 6.73 Å². The fourth-order valence-electron chi connectivity index (χ4n) is 2.02. The Bertz CT molecular complexity index is 702. The lowest BCUT2D eigenvalue weighted by Crippen LogP contribution is -2.22. The minimum Gasteiger partial charge on any atom is -0.477 e. The van der Waals surface area contributed by atoms with Crippen LogP contribution < -0.4 is 10.2 Å². The van der Waals surface area contributed by atoms with Gasteiger partial charge in [-0.3, -0.25) is 4.79 Å². The second-order valence-electron chi connectivity index (χ2n) is 3.98. The molecule has 0 atom stereocenters. The van der Waals surface area contributed by atoms with E-state index in [1.807, 2.05) is 24.3 Å². The number of pyridine rings is 1. The predicted molar refractivity (Wildman–Crippen MR) is 63.7 cm³/mol. The number of para-hydroxylation sites is 1. The van der Waals surface area contributed by atoms with Gasteiger partial charge in [0, 0.05) is 17.8 Å². The Morgan fingerprint density at radius 2 is 2.11 bits per heavy atom. The molecule has 0 saturated heterocycles. The number of aromatic nitrogens is 1. The van der Waals surface area contributed by atoms with E-state index in [1.165, 1.54) is 12.3 Å². The number of hydrogen-bond donors (Lipinski definition) is 1. The number of aromatic carboxylic acids is 1. The summed E-state index contributed by atoms with van der Waals surface area (Å²) in [5, 5.41) is 8.91. The molecule has 0 spiro atoms. The number of benzene rings is 1. The topological polar surface area (TPSA) is 68.5 Å². The lowest BCUT2D eigenvalue weighted by molar-refractivity contribution is 0.0694. The third-order valence-electron chi connectivity index (χ3n) is 2.88. The first kappa shape index (κ1) is 10.6. The highest BCUT2D eigenvalue weighted by Gasteiger charge is 2.19. The van der Waals surface area contributed by atoms with Crippen LogP contribution in [0, 0.1) is 0 Å². The van der Waals surface area contributed by atoms with Gasteiger partial charge in [-0.2, -0.15) is 0 Å². The molecule has 1 aromatic heterocycles. The van der Waals surface area contributed by atoms with Crippen molar-refractivity contribution in [2.24, 2.45) is 0 Å². The molecule has 1 aromatic carbocycles. The Kier molecular flexibility index (Phi) is 2.19. The summed E-state index contributed by atoms with van der Waals surface area (Å²) in [4.78, 5) is 22.6. The van der Waals surface area contributed by atoms with Crippen molar-refractivity contribution in [3.8, 4) is 17.0 Å². The summed E-state index contributed by atoms with van der Waals surface area (Å²) in [5.41, 5.74) is 0.719. The zero-order valence-corrected chi connectivity index (χ0v) is 9.29. The SMILES string of the molecule is O=C(O)c1cn2c(cc1=O)-c1ccccc1OC2. The number of rotatable bonds is 1. The summed E-state index contributed by atoms with van der Waals surface area (Å²) >= 11 is 0. The Balaban J connectivity index is 2.27. The lowest BCUT2D eigenvalue weighted by atomic mass is 10.1. The van der Waals surface area contributed by atoms with Crippen LogP contribution in [0.5, 0.6) is 5.75 Å². The smallest absolute Gasteiger partial charge is 0.341 e. The number of carbonyl (C=O) groups is 1. The summed E-state index contributed by atoms with van der Waals surface area (Å²) in [5.74, 6) is -0.533. The molecule has 0 saturated carbocycles. The van der Waals surface area contributed by atoms with Crippen molar-refractivity contribution in [2.75, 3.05) is 0 Å². The van der Waals surface area contributed by atoms with E-state index < -0.39 is 11.4 Å². The zero-order chi connectivity index (χ0) is 12.7. The predicted octanol–water partition coefficient (Wildman–Crippen LogP) is 1.56. The van der Waals surface area contributed by atoms with Crippen LogP contribution in [-0.4, -0.2) is 15.6 Å². The summed E-state index contributed by atoms with van der Waals surface area (Å²) in [6.45, 7) is 0.201. The minimum atomic E-state index is -1.23. The van der Waals surface area contributed by atoms with E-state index in [4.69, 9.17) is 9.84 Å². The molecule has 0 unspecified atom stereocenters. The molecule has 5 heteroatoms. The van der Waals surface area contributed by atoms with Gasteiger partial charge >= 0.3 is 5.97 Å². The van der Waals surface area contributed by atoms with Crippen molar-refractivity contribution in [2.45, 2.75) is 6.73 Å². The minimum absolute atomic E-state index is 0.201. The molecule has 18 heavy (non-hydrogen) atoms. The number of hydrogen-bond acceptors (Lipinski definition) is 3. The van der Waals surface area contributed by atoms with Gasteiger partial charge in [-0.05, 0) is 12.1 Å². The first-order valence-corrected chi connectivity index (χ1v) is 5.37. The van der Waals surface area contributed by atoms with Gasteiger partial charge in [-0.15, -0.1) is 0 Å². The Morgan fingerprint density at radius 1 is 1.33 bits per heavy atom. The molecule has 1 aliphatic heterocycles.